The monoisotopic (exact) mass is 521 g/mol. The van der Waals surface area contributed by atoms with Gasteiger partial charge in [-0.2, -0.15) is 0 Å². The van der Waals surface area contributed by atoms with E-state index < -0.39 is 0 Å². The van der Waals surface area contributed by atoms with Crippen LogP contribution in [-0.4, -0.2) is 16.7 Å². The average molecular weight is 523 g/mol. The molecule has 0 saturated heterocycles. The molecule has 0 aliphatic heterocycles. The van der Waals surface area contributed by atoms with Crippen molar-refractivity contribution in [1.29, 1.82) is 0 Å². The summed E-state index contributed by atoms with van der Waals surface area (Å²) in [6, 6.07) is 23.2. The second-order valence-electron chi connectivity index (χ2n) is 7.62. The van der Waals surface area contributed by atoms with Crippen molar-refractivity contribution in [3.05, 3.63) is 111 Å². The third-order valence-corrected chi connectivity index (χ3v) is 6.10. The highest BCUT2D eigenvalue weighted by Gasteiger charge is 2.28. The normalized spacial score (nSPS) is 11.7. The van der Waals surface area contributed by atoms with Gasteiger partial charge in [0.25, 0.3) is 5.91 Å². The predicted octanol–water partition coefficient (Wildman–Crippen LogP) is 6.40. The van der Waals surface area contributed by atoms with Crippen molar-refractivity contribution in [2.75, 3.05) is 5.73 Å². The molecule has 4 aromatic rings. The van der Waals surface area contributed by atoms with Crippen LogP contribution < -0.4 is 11.1 Å². The first-order valence-corrected chi connectivity index (χ1v) is 11.5. The first-order chi connectivity index (χ1) is 15.8. The average Bonchev–Trinajstić information content (AvgIpc) is 3.16. The lowest BCUT2D eigenvalue weighted by Gasteiger charge is -2.15. The van der Waals surface area contributed by atoms with Crippen molar-refractivity contribution in [3.8, 4) is 11.1 Å². The third kappa shape index (κ3) is 4.87. The van der Waals surface area contributed by atoms with Crippen molar-refractivity contribution in [1.82, 2.24) is 10.3 Å². The highest BCUT2D eigenvalue weighted by molar-refractivity contribution is 9.10. The van der Waals surface area contributed by atoms with Gasteiger partial charge in [-0.15, -0.1) is 0 Å². The minimum atomic E-state index is -0.381. The van der Waals surface area contributed by atoms with E-state index in [1.54, 1.807) is 36.4 Å². The first kappa shape index (κ1) is 22.8. The summed E-state index contributed by atoms with van der Waals surface area (Å²) in [6.07, 6.45) is 0. The highest BCUT2D eigenvalue weighted by Crippen LogP contribution is 2.35. The van der Waals surface area contributed by atoms with Crippen LogP contribution in [0.3, 0.4) is 0 Å². The number of carbonyl (C=O) groups is 2. The molecule has 0 bridgehead atoms. The van der Waals surface area contributed by atoms with E-state index in [2.05, 4.69) is 26.2 Å². The fourth-order valence-corrected chi connectivity index (χ4v) is 4.22. The lowest BCUT2D eigenvalue weighted by Crippen LogP contribution is -2.27. The van der Waals surface area contributed by atoms with E-state index in [0.29, 0.717) is 21.7 Å². The Morgan fingerprint density at radius 3 is 2.36 bits per heavy atom. The number of benzene rings is 3. The van der Waals surface area contributed by atoms with Crippen LogP contribution in [0, 0.1) is 0 Å². The molecule has 1 heterocycles. The number of nitrogens with two attached hydrogens (primary N) is 1. The number of H-pyrrole nitrogens is 1. The van der Waals surface area contributed by atoms with E-state index in [1.165, 1.54) is 0 Å². The van der Waals surface area contributed by atoms with Gasteiger partial charge in [-0.3, -0.25) is 9.59 Å². The largest absolute Gasteiger partial charge is 0.385 e. The Labute approximate surface area is 205 Å². The van der Waals surface area contributed by atoms with E-state index in [1.807, 2.05) is 49.4 Å². The van der Waals surface area contributed by atoms with Crippen molar-refractivity contribution in [2.24, 2.45) is 0 Å². The lowest BCUT2D eigenvalue weighted by atomic mass is 9.96. The van der Waals surface area contributed by atoms with Crippen molar-refractivity contribution < 1.29 is 9.59 Å². The molecule has 33 heavy (non-hydrogen) atoms. The Hall–Kier alpha value is -3.35. The summed E-state index contributed by atoms with van der Waals surface area (Å²) < 4.78 is 0.818. The van der Waals surface area contributed by atoms with E-state index in [-0.39, 0.29) is 34.8 Å². The molecule has 0 aliphatic carbocycles. The molecule has 0 radical (unpaired) electrons. The lowest BCUT2D eigenvalue weighted by molar-refractivity contribution is 0.0941. The van der Waals surface area contributed by atoms with Gasteiger partial charge in [0.15, 0.2) is 0 Å². The SMILES string of the molecule is CC(NC(=O)c1c(N)[nH]c(C(=O)c2ccccc2)c1-c1cccc(Br)c1)c1ccc(Cl)cc1. The third-order valence-electron chi connectivity index (χ3n) is 5.35. The number of nitrogens with one attached hydrogen (secondary N) is 2. The summed E-state index contributed by atoms with van der Waals surface area (Å²) in [4.78, 5) is 29.7. The zero-order valence-electron chi connectivity index (χ0n) is 17.7. The van der Waals surface area contributed by atoms with Gasteiger partial charge in [-0.25, -0.2) is 0 Å². The first-order valence-electron chi connectivity index (χ1n) is 10.3. The van der Waals surface area contributed by atoms with E-state index in [9.17, 15) is 9.59 Å². The summed E-state index contributed by atoms with van der Waals surface area (Å²) in [6.45, 7) is 1.87. The Bertz CT molecular complexity index is 1320. The molecular weight excluding hydrogens is 502 g/mol. The van der Waals surface area contributed by atoms with Gasteiger partial charge in [0, 0.05) is 20.6 Å². The highest BCUT2D eigenvalue weighted by atomic mass is 79.9. The Morgan fingerprint density at radius 1 is 1.00 bits per heavy atom. The zero-order valence-corrected chi connectivity index (χ0v) is 20.1. The number of hydrogen-bond acceptors (Lipinski definition) is 3. The van der Waals surface area contributed by atoms with E-state index >= 15 is 0 Å². The Kier molecular flexibility index (Phi) is 6.67. The Morgan fingerprint density at radius 2 is 1.70 bits per heavy atom. The molecule has 1 atom stereocenters. The van der Waals surface area contributed by atoms with Crippen molar-refractivity contribution in [2.45, 2.75) is 13.0 Å². The summed E-state index contributed by atoms with van der Waals surface area (Å²) in [7, 11) is 0. The second kappa shape index (κ2) is 9.65. The quantitative estimate of drug-likeness (QED) is 0.256. The van der Waals surface area contributed by atoms with Crippen LogP contribution in [0.25, 0.3) is 11.1 Å². The van der Waals surface area contributed by atoms with Crippen molar-refractivity contribution >= 4 is 45.0 Å². The summed E-state index contributed by atoms with van der Waals surface area (Å²) >= 11 is 9.45. The number of amides is 1. The van der Waals surface area contributed by atoms with Crippen LogP contribution in [-0.2, 0) is 0 Å². The number of anilines is 1. The number of aromatic amines is 1. The van der Waals surface area contributed by atoms with E-state index in [0.717, 1.165) is 10.0 Å². The van der Waals surface area contributed by atoms with Crippen LogP contribution in [0.1, 0.15) is 44.9 Å². The van der Waals surface area contributed by atoms with Gasteiger partial charge >= 0.3 is 0 Å². The van der Waals surface area contributed by atoms with Gasteiger partial charge in [-0.1, -0.05) is 82.1 Å². The fourth-order valence-electron chi connectivity index (χ4n) is 3.70. The molecule has 3 aromatic carbocycles. The molecule has 7 heteroatoms. The molecule has 0 aliphatic rings. The number of hydrogen-bond donors (Lipinski definition) is 3. The van der Waals surface area contributed by atoms with Crippen LogP contribution >= 0.6 is 27.5 Å². The number of nitrogen functional groups attached to an aromatic ring is 1. The summed E-state index contributed by atoms with van der Waals surface area (Å²) in [5.74, 6) is -0.500. The fraction of sp³-hybridized carbons (Fsp3) is 0.0769. The second-order valence-corrected chi connectivity index (χ2v) is 8.97. The van der Waals surface area contributed by atoms with Crippen molar-refractivity contribution in [3.63, 3.8) is 0 Å². The van der Waals surface area contributed by atoms with Crippen LogP contribution in [0.2, 0.25) is 5.02 Å². The minimum absolute atomic E-state index is 0.130. The summed E-state index contributed by atoms with van der Waals surface area (Å²) in [5.41, 5.74) is 9.31. The number of aromatic nitrogens is 1. The maximum absolute atomic E-state index is 13.4. The molecule has 1 amide bonds. The van der Waals surface area contributed by atoms with Crippen LogP contribution in [0.4, 0.5) is 5.82 Å². The van der Waals surface area contributed by atoms with Gasteiger partial charge < -0.3 is 16.0 Å². The summed E-state index contributed by atoms with van der Waals surface area (Å²) in [5, 5.41) is 3.60. The number of carbonyl (C=O) groups excluding carboxylic acids is 2. The molecule has 0 saturated carbocycles. The van der Waals surface area contributed by atoms with Gasteiger partial charge in [0.05, 0.1) is 17.3 Å². The Balaban J connectivity index is 1.79. The molecule has 4 rings (SSSR count). The van der Waals surface area contributed by atoms with Gasteiger partial charge in [0.1, 0.15) is 5.82 Å². The predicted molar refractivity (Wildman–Crippen MR) is 136 cm³/mol. The molecule has 4 N–H and O–H groups in total. The molecule has 5 nitrogen and oxygen atoms in total. The van der Waals surface area contributed by atoms with Gasteiger partial charge in [0.2, 0.25) is 5.78 Å². The number of ketones is 1. The number of rotatable bonds is 6. The maximum atomic E-state index is 13.4. The molecule has 1 aromatic heterocycles. The zero-order chi connectivity index (χ0) is 23.5. The minimum Gasteiger partial charge on any atom is -0.385 e. The molecule has 1 unspecified atom stereocenters. The smallest absolute Gasteiger partial charge is 0.256 e. The van der Waals surface area contributed by atoms with Crippen LogP contribution in [0.15, 0.2) is 83.3 Å². The number of halogens is 2. The maximum Gasteiger partial charge on any atom is 0.256 e. The molecular formula is C26H21BrClN3O2. The molecule has 0 fully saturated rings. The molecule has 166 valence electrons. The van der Waals surface area contributed by atoms with Gasteiger partial charge in [-0.05, 0) is 42.3 Å². The van der Waals surface area contributed by atoms with E-state index in [4.69, 9.17) is 17.3 Å². The van der Waals surface area contributed by atoms with Crippen LogP contribution in [0.5, 0.6) is 0 Å². The molecule has 0 spiro atoms. The topological polar surface area (TPSA) is 88.0 Å². The standard InChI is InChI=1S/C26H21BrClN3O2/c1-15(16-10-12-20(28)13-11-16)30-26(33)22-21(18-8-5-9-19(27)14-18)23(31-25(22)29)24(32)17-6-3-2-4-7-17/h2-15,31H,29H2,1H3,(H,30,33).